The number of amides is 1. The number of carbonyl (C=O) groups excluding carboxylic acids is 1. The van der Waals surface area contributed by atoms with Crippen molar-refractivity contribution in [2.45, 2.75) is 13.1 Å². The van der Waals surface area contributed by atoms with Crippen LogP contribution in [0.15, 0.2) is 16.6 Å². The first-order valence-electron chi connectivity index (χ1n) is 3.90. The summed E-state index contributed by atoms with van der Waals surface area (Å²) in [5.41, 5.74) is 4.47. The molecule has 0 fully saturated rings. The van der Waals surface area contributed by atoms with Gasteiger partial charge in [-0.3, -0.25) is 4.79 Å². The standard InChI is InChI=1S/C9H7BrF3NO/c1-4-2-6(9(11,12)13)7(10)3-5(4)8(14)15/h2-3H,1H3,(H2,14,15). The molecule has 0 saturated heterocycles. The minimum atomic E-state index is -4.44. The Balaban J connectivity index is 3.39. The second-order valence-corrected chi connectivity index (χ2v) is 3.86. The van der Waals surface area contributed by atoms with Gasteiger partial charge in [-0.1, -0.05) is 15.9 Å². The lowest BCUT2D eigenvalue weighted by Crippen LogP contribution is -2.15. The number of halogens is 4. The molecule has 1 amide bonds. The number of aryl methyl sites for hydroxylation is 1. The molecular weight excluding hydrogens is 275 g/mol. The van der Waals surface area contributed by atoms with Crippen molar-refractivity contribution in [3.8, 4) is 0 Å². The molecular formula is C9H7BrF3NO. The molecule has 0 saturated carbocycles. The number of nitrogens with two attached hydrogens (primary N) is 1. The highest BCUT2D eigenvalue weighted by atomic mass is 79.9. The molecule has 0 radical (unpaired) electrons. The van der Waals surface area contributed by atoms with E-state index in [0.29, 0.717) is 0 Å². The van der Waals surface area contributed by atoms with E-state index in [2.05, 4.69) is 15.9 Å². The number of hydrogen-bond donors (Lipinski definition) is 1. The molecule has 1 rings (SSSR count). The molecule has 2 N–H and O–H groups in total. The summed E-state index contributed by atoms with van der Waals surface area (Å²) >= 11 is 2.76. The van der Waals surface area contributed by atoms with Crippen LogP contribution in [0, 0.1) is 6.92 Å². The smallest absolute Gasteiger partial charge is 0.366 e. The molecule has 0 aliphatic heterocycles. The Kier molecular flexibility index (Phi) is 3.08. The Morgan fingerprint density at radius 1 is 1.40 bits per heavy atom. The SMILES string of the molecule is Cc1cc(C(F)(F)F)c(Br)cc1C(N)=O. The van der Waals surface area contributed by atoms with Crippen LogP contribution in [-0.2, 0) is 6.18 Å². The molecule has 15 heavy (non-hydrogen) atoms. The predicted octanol–water partition coefficient (Wildman–Crippen LogP) is 2.88. The van der Waals surface area contributed by atoms with Gasteiger partial charge in [-0.25, -0.2) is 0 Å². The Morgan fingerprint density at radius 3 is 2.33 bits per heavy atom. The van der Waals surface area contributed by atoms with Gasteiger partial charge in [0.15, 0.2) is 0 Å². The van der Waals surface area contributed by atoms with Crippen LogP contribution in [0.3, 0.4) is 0 Å². The molecule has 0 spiro atoms. The maximum atomic E-state index is 12.4. The zero-order valence-electron chi connectivity index (χ0n) is 7.65. The van der Waals surface area contributed by atoms with E-state index in [4.69, 9.17) is 5.73 Å². The van der Waals surface area contributed by atoms with Crippen molar-refractivity contribution in [2.75, 3.05) is 0 Å². The summed E-state index contributed by atoms with van der Waals surface area (Å²) in [6.07, 6.45) is -4.44. The third kappa shape index (κ3) is 2.50. The van der Waals surface area contributed by atoms with Crippen molar-refractivity contribution in [3.05, 3.63) is 33.3 Å². The van der Waals surface area contributed by atoms with Crippen molar-refractivity contribution < 1.29 is 18.0 Å². The number of primary amides is 1. The van der Waals surface area contributed by atoms with Crippen LogP contribution in [0.1, 0.15) is 21.5 Å². The quantitative estimate of drug-likeness (QED) is 0.845. The number of carbonyl (C=O) groups is 1. The zero-order valence-corrected chi connectivity index (χ0v) is 9.24. The van der Waals surface area contributed by atoms with E-state index >= 15 is 0 Å². The molecule has 0 unspecified atom stereocenters. The fraction of sp³-hybridized carbons (Fsp3) is 0.222. The molecule has 2 nitrogen and oxygen atoms in total. The van der Waals surface area contributed by atoms with Gasteiger partial charge in [0.05, 0.1) is 5.56 Å². The van der Waals surface area contributed by atoms with Gasteiger partial charge >= 0.3 is 6.18 Å². The summed E-state index contributed by atoms with van der Waals surface area (Å²) in [7, 11) is 0. The number of rotatable bonds is 1. The van der Waals surface area contributed by atoms with Crippen LogP contribution in [0.5, 0.6) is 0 Å². The van der Waals surface area contributed by atoms with Crippen LogP contribution >= 0.6 is 15.9 Å². The van der Waals surface area contributed by atoms with E-state index in [-0.39, 0.29) is 15.6 Å². The molecule has 0 aromatic heterocycles. The molecule has 0 aliphatic carbocycles. The van der Waals surface area contributed by atoms with Gasteiger partial charge in [0, 0.05) is 10.0 Å². The van der Waals surface area contributed by atoms with Crippen LogP contribution in [0.25, 0.3) is 0 Å². The average Bonchev–Trinajstić information content (AvgIpc) is 2.06. The molecule has 6 heteroatoms. The average molecular weight is 282 g/mol. The number of hydrogen-bond acceptors (Lipinski definition) is 1. The number of benzene rings is 1. The highest BCUT2D eigenvalue weighted by Gasteiger charge is 2.33. The largest absolute Gasteiger partial charge is 0.417 e. The molecule has 1 aromatic carbocycles. The Bertz CT molecular complexity index is 415. The Morgan fingerprint density at radius 2 is 1.93 bits per heavy atom. The van der Waals surface area contributed by atoms with Gasteiger partial charge in [-0.2, -0.15) is 13.2 Å². The van der Waals surface area contributed by atoms with Gasteiger partial charge in [0.1, 0.15) is 0 Å². The van der Waals surface area contributed by atoms with Crippen LogP contribution in [0.2, 0.25) is 0 Å². The van der Waals surface area contributed by atoms with Crippen LogP contribution in [-0.4, -0.2) is 5.91 Å². The summed E-state index contributed by atoms with van der Waals surface area (Å²) in [6, 6.07) is 1.98. The first kappa shape index (κ1) is 12.0. The van der Waals surface area contributed by atoms with E-state index in [1.54, 1.807) is 0 Å². The van der Waals surface area contributed by atoms with E-state index < -0.39 is 17.6 Å². The van der Waals surface area contributed by atoms with E-state index in [1.165, 1.54) is 6.92 Å². The minimum absolute atomic E-state index is 0.0786. The fourth-order valence-corrected chi connectivity index (χ4v) is 1.73. The molecule has 1 aromatic rings. The summed E-state index contributed by atoms with van der Waals surface area (Å²) in [4.78, 5) is 10.9. The summed E-state index contributed by atoms with van der Waals surface area (Å²) < 4.78 is 37.1. The lowest BCUT2D eigenvalue weighted by Gasteiger charge is -2.11. The lowest BCUT2D eigenvalue weighted by atomic mass is 10.0. The summed E-state index contributed by atoms with van der Waals surface area (Å²) in [5, 5.41) is 0. The Hall–Kier alpha value is -1.04. The Labute approximate surface area is 92.4 Å². The first-order valence-corrected chi connectivity index (χ1v) is 4.70. The van der Waals surface area contributed by atoms with Gasteiger partial charge in [0.25, 0.3) is 0 Å². The second kappa shape index (κ2) is 3.84. The predicted molar refractivity (Wildman–Crippen MR) is 52.4 cm³/mol. The van der Waals surface area contributed by atoms with Gasteiger partial charge in [-0.15, -0.1) is 0 Å². The van der Waals surface area contributed by atoms with Crippen molar-refractivity contribution in [1.29, 1.82) is 0 Å². The summed E-state index contributed by atoms with van der Waals surface area (Å²) in [6.45, 7) is 1.40. The molecule has 0 atom stereocenters. The lowest BCUT2D eigenvalue weighted by molar-refractivity contribution is -0.138. The molecule has 0 aliphatic rings. The second-order valence-electron chi connectivity index (χ2n) is 3.01. The highest BCUT2D eigenvalue weighted by molar-refractivity contribution is 9.10. The van der Waals surface area contributed by atoms with Gasteiger partial charge in [-0.05, 0) is 24.6 Å². The maximum absolute atomic E-state index is 12.4. The van der Waals surface area contributed by atoms with Gasteiger partial charge < -0.3 is 5.73 Å². The van der Waals surface area contributed by atoms with Crippen molar-refractivity contribution in [2.24, 2.45) is 5.73 Å². The fourth-order valence-electron chi connectivity index (χ4n) is 1.16. The van der Waals surface area contributed by atoms with Crippen molar-refractivity contribution in [1.82, 2.24) is 0 Å². The third-order valence-electron chi connectivity index (χ3n) is 1.88. The normalized spacial score (nSPS) is 11.5. The van der Waals surface area contributed by atoms with Gasteiger partial charge in [0.2, 0.25) is 5.91 Å². The van der Waals surface area contributed by atoms with E-state index in [0.717, 1.165) is 12.1 Å². The van der Waals surface area contributed by atoms with E-state index in [1.807, 2.05) is 0 Å². The molecule has 0 heterocycles. The van der Waals surface area contributed by atoms with Crippen LogP contribution < -0.4 is 5.73 Å². The van der Waals surface area contributed by atoms with Crippen molar-refractivity contribution >= 4 is 21.8 Å². The van der Waals surface area contributed by atoms with Crippen molar-refractivity contribution in [3.63, 3.8) is 0 Å². The highest BCUT2D eigenvalue weighted by Crippen LogP contribution is 2.36. The zero-order chi connectivity index (χ0) is 11.8. The van der Waals surface area contributed by atoms with E-state index in [9.17, 15) is 18.0 Å². The monoisotopic (exact) mass is 281 g/mol. The summed E-state index contributed by atoms with van der Waals surface area (Å²) in [5.74, 6) is -0.748. The first-order chi connectivity index (χ1) is 6.73. The number of alkyl halides is 3. The maximum Gasteiger partial charge on any atom is 0.417 e. The molecule has 0 bridgehead atoms. The minimum Gasteiger partial charge on any atom is -0.366 e. The third-order valence-corrected chi connectivity index (χ3v) is 2.54. The van der Waals surface area contributed by atoms with Crippen LogP contribution in [0.4, 0.5) is 13.2 Å². The topological polar surface area (TPSA) is 43.1 Å². The molecule has 82 valence electrons.